The highest BCUT2D eigenvalue weighted by molar-refractivity contribution is 5.95. The zero-order valence-electron chi connectivity index (χ0n) is 11.0. The third-order valence-corrected chi connectivity index (χ3v) is 2.62. The van der Waals surface area contributed by atoms with Gasteiger partial charge in [-0.05, 0) is 39.5 Å². The molecule has 0 unspecified atom stereocenters. The molecule has 0 amide bonds. The summed E-state index contributed by atoms with van der Waals surface area (Å²) in [4.78, 5) is 23.1. The topological polar surface area (TPSA) is 52.6 Å². The van der Waals surface area contributed by atoms with Crippen LogP contribution in [0.4, 0.5) is 0 Å². The summed E-state index contributed by atoms with van der Waals surface area (Å²) in [5.74, 6) is -0.0700. The summed E-state index contributed by atoms with van der Waals surface area (Å²) in [7, 11) is 0. The number of ketones is 1. The summed E-state index contributed by atoms with van der Waals surface area (Å²) in [6, 6.07) is 0. The first-order valence-corrected chi connectivity index (χ1v) is 6.18. The van der Waals surface area contributed by atoms with Crippen molar-refractivity contribution in [2.75, 3.05) is 13.2 Å². The van der Waals surface area contributed by atoms with Crippen LogP contribution in [0, 0.1) is 5.92 Å². The van der Waals surface area contributed by atoms with Crippen molar-refractivity contribution in [2.45, 2.75) is 52.1 Å². The van der Waals surface area contributed by atoms with Gasteiger partial charge >= 0.3 is 5.97 Å². The number of hydrogen-bond donors (Lipinski definition) is 0. The molecule has 1 saturated heterocycles. The molecule has 1 aliphatic rings. The van der Waals surface area contributed by atoms with E-state index in [0.717, 1.165) is 26.1 Å². The van der Waals surface area contributed by atoms with Crippen molar-refractivity contribution in [3.63, 3.8) is 0 Å². The molecule has 0 aromatic heterocycles. The first-order valence-electron chi connectivity index (χ1n) is 6.18. The zero-order valence-corrected chi connectivity index (χ0v) is 11.0. The predicted molar refractivity (Wildman–Crippen MR) is 63.6 cm³/mol. The van der Waals surface area contributed by atoms with Gasteiger partial charge in [0.15, 0.2) is 0 Å². The fraction of sp³-hybridized carbons (Fsp3) is 0.846. The average Bonchev–Trinajstić information content (AvgIpc) is 2.15. The number of carbonyl (C=O) groups excluding carboxylic acids is 2. The number of Topliss-reactive ketones (excluding diaryl/α,β-unsaturated/α-hetero) is 1. The van der Waals surface area contributed by atoms with Crippen LogP contribution in [-0.4, -0.2) is 30.6 Å². The van der Waals surface area contributed by atoms with Crippen molar-refractivity contribution in [1.29, 1.82) is 0 Å². The molecule has 1 heterocycles. The van der Waals surface area contributed by atoms with Crippen LogP contribution in [0.3, 0.4) is 0 Å². The normalized spacial score (nSPS) is 17.8. The zero-order chi connectivity index (χ0) is 12.9. The first kappa shape index (κ1) is 14.2. The molecule has 1 fully saturated rings. The van der Waals surface area contributed by atoms with Gasteiger partial charge in [0.05, 0.1) is 0 Å². The molecular weight excluding hydrogens is 220 g/mol. The molecule has 98 valence electrons. The Hall–Kier alpha value is -0.900. The van der Waals surface area contributed by atoms with E-state index in [2.05, 4.69) is 0 Å². The average molecular weight is 242 g/mol. The highest BCUT2D eigenvalue weighted by Crippen LogP contribution is 2.19. The molecule has 0 atom stereocenters. The van der Waals surface area contributed by atoms with Crippen molar-refractivity contribution in [1.82, 2.24) is 0 Å². The minimum Gasteiger partial charge on any atom is -0.460 e. The summed E-state index contributed by atoms with van der Waals surface area (Å²) < 4.78 is 10.3. The lowest BCUT2D eigenvalue weighted by molar-refractivity contribution is -0.156. The molecule has 0 aliphatic carbocycles. The summed E-state index contributed by atoms with van der Waals surface area (Å²) in [6.45, 7) is 6.85. The van der Waals surface area contributed by atoms with Gasteiger partial charge in [-0.15, -0.1) is 0 Å². The molecule has 0 aromatic rings. The van der Waals surface area contributed by atoms with E-state index in [1.165, 1.54) is 0 Å². The molecule has 1 rings (SSSR count). The van der Waals surface area contributed by atoms with E-state index in [1.54, 1.807) is 20.8 Å². The van der Waals surface area contributed by atoms with Gasteiger partial charge < -0.3 is 9.47 Å². The van der Waals surface area contributed by atoms with E-state index in [-0.39, 0.29) is 12.2 Å². The van der Waals surface area contributed by atoms with Crippen molar-refractivity contribution in [2.24, 2.45) is 5.92 Å². The maximum absolute atomic E-state index is 11.7. The van der Waals surface area contributed by atoms with Gasteiger partial charge in [-0.1, -0.05) is 0 Å². The highest BCUT2D eigenvalue weighted by Gasteiger charge is 2.22. The van der Waals surface area contributed by atoms with Crippen LogP contribution in [0.1, 0.15) is 46.5 Å². The Morgan fingerprint density at radius 1 is 1.24 bits per heavy atom. The highest BCUT2D eigenvalue weighted by atomic mass is 16.6. The predicted octanol–water partition coefficient (Wildman–Crippen LogP) is 2.10. The Balaban J connectivity index is 2.26. The van der Waals surface area contributed by atoms with Crippen LogP contribution in [0.2, 0.25) is 0 Å². The lowest BCUT2D eigenvalue weighted by atomic mass is 9.93. The largest absolute Gasteiger partial charge is 0.460 e. The minimum atomic E-state index is -0.518. The van der Waals surface area contributed by atoms with Crippen LogP contribution in [0.15, 0.2) is 0 Å². The molecule has 0 saturated carbocycles. The number of esters is 1. The van der Waals surface area contributed by atoms with Gasteiger partial charge in [0.25, 0.3) is 0 Å². The van der Waals surface area contributed by atoms with Gasteiger partial charge in [-0.25, -0.2) is 0 Å². The second kappa shape index (κ2) is 6.15. The Labute approximate surface area is 103 Å². The van der Waals surface area contributed by atoms with E-state index in [0.29, 0.717) is 12.3 Å². The molecule has 0 spiro atoms. The van der Waals surface area contributed by atoms with E-state index in [4.69, 9.17) is 9.47 Å². The fourth-order valence-corrected chi connectivity index (χ4v) is 1.88. The fourth-order valence-electron chi connectivity index (χ4n) is 1.88. The van der Waals surface area contributed by atoms with Crippen molar-refractivity contribution < 1.29 is 19.1 Å². The number of carbonyl (C=O) groups is 2. The van der Waals surface area contributed by atoms with Crippen molar-refractivity contribution in [3.05, 3.63) is 0 Å². The van der Waals surface area contributed by atoms with Gasteiger partial charge in [-0.3, -0.25) is 9.59 Å². The minimum absolute atomic E-state index is 0.0221. The van der Waals surface area contributed by atoms with Crippen molar-refractivity contribution in [3.8, 4) is 0 Å². The monoisotopic (exact) mass is 242 g/mol. The van der Waals surface area contributed by atoms with Gasteiger partial charge in [-0.2, -0.15) is 0 Å². The van der Waals surface area contributed by atoms with Gasteiger partial charge in [0.2, 0.25) is 0 Å². The van der Waals surface area contributed by atoms with E-state index in [1.807, 2.05) is 0 Å². The summed E-state index contributed by atoms with van der Waals surface area (Å²) in [5.41, 5.74) is -0.518. The van der Waals surface area contributed by atoms with Gasteiger partial charge in [0.1, 0.15) is 17.8 Å². The van der Waals surface area contributed by atoms with Gasteiger partial charge in [0, 0.05) is 19.6 Å². The Kier molecular flexibility index (Phi) is 5.12. The molecule has 0 N–H and O–H groups in total. The molecular formula is C13H22O4. The molecule has 0 bridgehead atoms. The lowest BCUT2D eigenvalue weighted by Gasteiger charge is -2.22. The van der Waals surface area contributed by atoms with Crippen LogP contribution in [0.25, 0.3) is 0 Å². The van der Waals surface area contributed by atoms with Crippen LogP contribution in [0.5, 0.6) is 0 Å². The second-order valence-corrected chi connectivity index (χ2v) is 5.56. The second-order valence-electron chi connectivity index (χ2n) is 5.56. The molecule has 0 aromatic carbocycles. The smallest absolute Gasteiger partial charge is 0.313 e. The Bertz CT molecular complexity index is 272. The van der Waals surface area contributed by atoms with Crippen LogP contribution in [-0.2, 0) is 19.1 Å². The number of hydrogen-bond acceptors (Lipinski definition) is 4. The number of ether oxygens (including phenoxy) is 2. The summed E-state index contributed by atoms with van der Waals surface area (Å²) >= 11 is 0. The third-order valence-electron chi connectivity index (χ3n) is 2.62. The summed E-state index contributed by atoms with van der Waals surface area (Å²) in [5, 5.41) is 0. The molecule has 4 nitrogen and oxygen atoms in total. The van der Waals surface area contributed by atoms with Crippen molar-refractivity contribution >= 4 is 11.8 Å². The Morgan fingerprint density at radius 3 is 2.35 bits per heavy atom. The molecule has 4 heteroatoms. The summed E-state index contributed by atoms with van der Waals surface area (Å²) in [6.07, 6.45) is 2.21. The van der Waals surface area contributed by atoms with E-state index in [9.17, 15) is 9.59 Å². The molecule has 1 aliphatic heterocycles. The maximum Gasteiger partial charge on any atom is 0.313 e. The third kappa shape index (κ3) is 6.41. The van der Waals surface area contributed by atoms with Crippen LogP contribution < -0.4 is 0 Å². The standard InChI is InChI=1S/C13H22O4/c1-13(2,3)17-12(15)9-11(14)8-10-4-6-16-7-5-10/h10H,4-9H2,1-3H3. The van der Waals surface area contributed by atoms with E-state index >= 15 is 0 Å². The Morgan fingerprint density at radius 2 is 1.82 bits per heavy atom. The molecule has 0 radical (unpaired) electrons. The SMILES string of the molecule is CC(C)(C)OC(=O)CC(=O)CC1CCOCC1. The quantitative estimate of drug-likeness (QED) is 0.559. The van der Waals surface area contributed by atoms with E-state index < -0.39 is 11.6 Å². The maximum atomic E-state index is 11.7. The number of rotatable bonds is 4. The van der Waals surface area contributed by atoms with Crippen LogP contribution >= 0.6 is 0 Å². The molecule has 17 heavy (non-hydrogen) atoms. The lowest BCUT2D eigenvalue weighted by Crippen LogP contribution is -2.26. The first-order chi connectivity index (χ1) is 7.87.